The summed E-state index contributed by atoms with van der Waals surface area (Å²) >= 11 is 6.68. The van der Waals surface area contributed by atoms with Gasteiger partial charge in [-0.2, -0.15) is 0 Å². The van der Waals surface area contributed by atoms with Crippen LogP contribution in [0.25, 0.3) is 0 Å². The Morgan fingerprint density at radius 2 is 1.94 bits per heavy atom. The largest absolute Gasteiger partial charge is 0.492 e. The Morgan fingerprint density at radius 1 is 1.16 bits per heavy atom. The molecule has 7 nitrogen and oxygen atoms in total. The van der Waals surface area contributed by atoms with E-state index in [9.17, 15) is 9.59 Å². The van der Waals surface area contributed by atoms with Gasteiger partial charge in [0.15, 0.2) is 0 Å². The quantitative estimate of drug-likeness (QED) is 0.456. The molecule has 2 aliphatic heterocycles. The number of benzene rings is 2. The zero-order valence-electron chi connectivity index (χ0n) is 18.0. The summed E-state index contributed by atoms with van der Waals surface area (Å²) in [5.74, 6) is 0.874. The van der Waals surface area contributed by atoms with Gasteiger partial charge in [0.25, 0.3) is 0 Å². The molecule has 8 heteroatoms. The molecule has 1 atom stereocenters. The molecule has 0 spiro atoms. The minimum atomic E-state index is -0.331. The number of nitrogens with zero attached hydrogens (tertiary/aromatic N) is 2. The Hall–Kier alpha value is -3.06. The van der Waals surface area contributed by atoms with Gasteiger partial charge in [-0.3, -0.25) is 14.9 Å². The first-order valence-electron chi connectivity index (χ1n) is 10.8. The first-order valence-corrected chi connectivity index (χ1v) is 11.2. The fraction of sp³-hybridized carbons (Fsp3) is 0.375. The zero-order valence-corrected chi connectivity index (χ0v) is 18.7. The summed E-state index contributed by atoms with van der Waals surface area (Å²) in [6.45, 7) is 2.85. The molecule has 4 rings (SSSR count). The van der Waals surface area contributed by atoms with Crippen LogP contribution in [0.1, 0.15) is 37.3 Å². The van der Waals surface area contributed by atoms with Crippen molar-refractivity contribution in [1.82, 2.24) is 10.2 Å². The standard InChI is InChI=1S/C24H26ClN3O4/c1-16(29)31-12-6-3-7-13-32-21-11-10-19-18(22(21)25)15-28-20(23(30)27-24(28)26-19)14-17-8-4-2-5-9-17/h2,4-5,8-11,20H,3,6-7,12-15H2,1H3,(H,26,27,30). The smallest absolute Gasteiger partial charge is 0.302 e. The van der Waals surface area contributed by atoms with Gasteiger partial charge in [-0.05, 0) is 37.0 Å². The Kier molecular flexibility index (Phi) is 6.95. The highest BCUT2D eigenvalue weighted by Crippen LogP contribution is 2.39. The third-order valence-corrected chi connectivity index (χ3v) is 5.96. The SMILES string of the molecule is CC(=O)OCCCCCOc1ccc2c(c1Cl)CN1C(=N2)NC(=O)C1Cc1ccccc1. The number of guanidine groups is 1. The second kappa shape index (κ2) is 10.0. The number of nitrogens with one attached hydrogen (secondary N) is 1. The second-order valence-corrected chi connectivity index (χ2v) is 8.26. The monoisotopic (exact) mass is 455 g/mol. The minimum Gasteiger partial charge on any atom is -0.492 e. The van der Waals surface area contributed by atoms with Crippen molar-refractivity contribution in [1.29, 1.82) is 0 Å². The van der Waals surface area contributed by atoms with Crippen molar-refractivity contribution in [2.24, 2.45) is 4.99 Å². The average Bonchev–Trinajstić information content (AvgIpc) is 3.08. The number of unbranched alkanes of at least 4 members (excludes halogenated alkanes) is 2. The molecule has 0 bridgehead atoms. The summed E-state index contributed by atoms with van der Waals surface area (Å²) in [6.07, 6.45) is 3.13. The molecule has 1 fully saturated rings. The molecule has 0 radical (unpaired) electrons. The van der Waals surface area contributed by atoms with Crippen LogP contribution in [0.3, 0.4) is 0 Å². The van der Waals surface area contributed by atoms with Crippen LogP contribution in [0.4, 0.5) is 5.69 Å². The predicted octanol–water partition coefficient (Wildman–Crippen LogP) is 4.00. The topological polar surface area (TPSA) is 80.2 Å². The second-order valence-electron chi connectivity index (χ2n) is 7.88. The van der Waals surface area contributed by atoms with Crippen molar-refractivity contribution in [2.45, 2.75) is 45.2 Å². The van der Waals surface area contributed by atoms with Gasteiger partial charge in [0.1, 0.15) is 11.8 Å². The van der Waals surface area contributed by atoms with Crippen molar-refractivity contribution < 1.29 is 19.1 Å². The normalized spacial score (nSPS) is 16.7. The molecule has 2 aliphatic rings. The number of carbonyl (C=O) groups is 2. The van der Waals surface area contributed by atoms with Gasteiger partial charge >= 0.3 is 5.97 Å². The van der Waals surface area contributed by atoms with Crippen molar-refractivity contribution in [2.75, 3.05) is 13.2 Å². The molecule has 2 aromatic rings. The molecule has 1 unspecified atom stereocenters. The average molecular weight is 456 g/mol. The Balaban J connectivity index is 1.39. The van der Waals surface area contributed by atoms with E-state index in [1.807, 2.05) is 47.4 Å². The summed E-state index contributed by atoms with van der Waals surface area (Å²) in [5, 5.41) is 3.43. The van der Waals surface area contributed by atoms with E-state index in [1.165, 1.54) is 6.92 Å². The Bertz CT molecular complexity index is 1030. The predicted molar refractivity (Wildman–Crippen MR) is 122 cm³/mol. The van der Waals surface area contributed by atoms with E-state index in [4.69, 9.17) is 21.1 Å². The molecule has 2 aromatic carbocycles. The van der Waals surface area contributed by atoms with E-state index in [2.05, 4.69) is 10.3 Å². The molecular formula is C24H26ClN3O4. The Morgan fingerprint density at radius 3 is 2.72 bits per heavy atom. The van der Waals surface area contributed by atoms with Gasteiger partial charge in [-0.1, -0.05) is 41.9 Å². The molecule has 32 heavy (non-hydrogen) atoms. The number of halogens is 1. The van der Waals surface area contributed by atoms with Gasteiger partial charge in [-0.15, -0.1) is 0 Å². The van der Waals surface area contributed by atoms with E-state index in [0.29, 0.717) is 42.9 Å². The third kappa shape index (κ3) is 5.05. The number of rotatable bonds is 9. The number of fused-ring (bicyclic) bond motifs is 2. The minimum absolute atomic E-state index is 0.0539. The van der Waals surface area contributed by atoms with Crippen molar-refractivity contribution in [3.8, 4) is 5.75 Å². The highest BCUT2D eigenvalue weighted by atomic mass is 35.5. The van der Waals surface area contributed by atoms with E-state index in [0.717, 1.165) is 36.1 Å². The summed E-state index contributed by atoms with van der Waals surface area (Å²) < 4.78 is 10.8. The summed E-state index contributed by atoms with van der Waals surface area (Å²) in [7, 11) is 0. The van der Waals surface area contributed by atoms with E-state index in [1.54, 1.807) is 0 Å². The molecule has 0 aliphatic carbocycles. The van der Waals surface area contributed by atoms with Crippen LogP contribution in [-0.4, -0.2) is 42.0 Å². The molecular weight excluding hydrogens is 430 g/mol. The molecule has 2 heterocycles. The van der Waals surface area contributed by atoms with E-state index in [-0.39, 0.29) is 17.9 Å². The number of amides is 1. The zero-order chi connectivity index (χ0) is 22.5. The van der Waals surface area contributed by atoms with Crippen molar-refractivity contribution in [3.05, 3.63) is 58.6 Å². The van der Waals surface area contributed by atoms with E-state index < -0.39 is 0 Å². The van der Waals surface area contributed by atoms with Crippen molar-refractivity contribution in [3.63, 3.8) is 0 Å². The first kappa shape index (κ1) is 22.1. The third-order valence-electron chi connectivity index (χ3n) is 5.55. The van der Waals surface area contributed by atoms with E-state index >= 15 is 0 Å². The van der Waals surface area contributed by atoms with Crippen LogP contribution in [-0.2, 0) is 27.3 Å². The number of esters is 1. The van der Waals surface area contributed by atoms with Crippen molar-refractivity contribution >= 4 is 35.1 Å². The van der Waals surface area contributed by atoms with Gasteiger partial charge in [-0.25, -0.2) is 4.99 Å². The van der Waals surface area contributed by atoms with Crippen LogP contribution in [0.5, 0.6) is 5.75 Å². The maximum Gasteiger partial charge on any atom is 0.302 e. The molecule has 0 saturated carbocycles. The van der Waals surface area contributed by atoms with Crippen LogP contribution >= 0.6 is 11.6 Å². The lowest BCUT2D eigenvalue weighted by molar-refractivity contribution is -0.141. The summed E-state index contributed by atoms with van der Waals surface area (Å²) in [4.78, 5) is 30.0. The molecule has 168 valence electrons. The van der Waals surface area contributed by atoms with Gasteiger partial charge < -0.3 is 14.4 Å². The molecule has 0 aromatic heterocycles. The molecule has 1 saturated heterocycles. The number of hydrogen-bond donors (Lipinski definition) is 1. The van der Waals surface area contributed by atoms with Gasteiger partial charge in [0.05, 0.1) is 30.5 Å². The highest BCUT2D eigenvalue weighted by Gasteiger charge is 2.39. The molecule has 1 amide bonds. The Labute approximate surface area is 192 Å². The molecule has 1 N–H and O–H groups in total. The number of ether oxygens (including phenoxy) is 2. The first-order chi connectivity index (χ1) is 15.5. The fourth-order valence-corrected chi connectivity index (χ4v) is 4.17. The number of carbonyl (C=O) groups excluding carboxylic acids is 2. The maximum atomic E-state index is 12.6. The lowest BCUT2D eigenvalue weighted by atomic mass is 10.0. The number of aliphatic imine (C=N–C) groups is 1. The van der Waals surface area contributed by atoms with Gasteiger partial charge in [0.2, 0.25) is 11.9 Å². The van der Waals surface area contributed by atoms with Crippen LogP contribution in [0, 0.1) is 0 Å². The van der Waals surface area contributed by atoms with Crippen LogP contribution in [0.15, 0.2) is 47.5 Å². The summed E-state index contributed by atoms with van der Waals surface area (Å²) in [6, 6.07) is 13.3. The highest BCUT2D eigenvalue weighted by molar-refractivity contribution is 6.33. The van der Waals surface area contributed by atoms with Crippen LogP contribution in [0.2, 0.25) is 5.02 Å². The fourth-order valence-electron chi connectivity index (χ4n) is 3.89. The van der Waals surface area contributed by atoms with Gasteiger partial charge in [0, 0.05) is 18.9 Å². The lowest BCUT2D eigenvalue weighted by Crippen LogP contribution is -2.38. The maximum absolute atomic E-state index is 12.6. The lowest BCUT2D eigenvalue weighted by Gasteiger charge is -2.29. The van der Waals surface area contributed by atoms with Crippen LogP contribution < -0.4 is 10.1 Å². The number of hydrogen-bond acceptors (Lipinski definition) is 6. The summed E-state index contributed by atoms with van der Waals surface area (Å²) in [5.41, 5.74) is 2.70.